The van der Waals surface area contributed by atoms with E-state index in [9.17, 15) is 4.79 Å². The van der Waals surface area contributed by atoms with Crippen molar-refractivity contribution in [3.05, 3.63) is 12.3 Å². The Morgan fingerprint density at radius 1 is 1.64 bits per heavy atom. The van der Waals surface area contributed by atoms with E-state index in [-0.39, 0.29) is 5.91 Å². The largest absolute Gasteiger partial charge is 0.317 e. The number of allylic oxidation sites excluding steroid dienone is 1. The van der Waals surface area contributed by atoms with Gasteiger partial charge in [-0.15, -0.1) is 0 Å². The number of rotatable bonds is 2. The van der Waals surface area contributed by atoms with Gasteiger partial charge < -0.3 is 4.90 Å². The zero-order valence-corrected chi connectivity index (χ0v) is 7.26. The van der Waals surface area contributed by atoms with Gasteiger partial charge >= 0.3 is 0 Å². The summed E-state index contributed by atoms with van der Waals surface area (Å²) in [6.45, 7) is 8.77. The Morgan fingerprint density at radius 2 is 2.27 bits per heavy atom. The number of likely N-dealkylation sites (tertiary alicyclic amines) is 1. The van der Waals surface area contributed by atoms with E-state index in [1.54, 1.807) is 4.90 Å². The fourth-order valence-corrected chi connectivity index (χ4v) is 1.58. The molecule has 0 bridgehead atoms. The van der Waals surface area contributed by atoms with Gasteiger partial charge in [0.15, 0.2) is 0 Å². The summed E-state index contributed by atoms with van der Waals surface area (Å²) in [6.07, 6.45) is 1.70. The summed E-state index contributed by atoms with van der Waals surface area (Å²) in [5, 5.41) is 0. The molecule has 0 aromatic carbocycles. The van der Waals surface area contributed by atoms with Crippen molar-refractivity contribution in [1.29, 1.82) is 0 Å². The van der Waals surface area contributed by atoms with E-state index in [0.29, 0.717) is 12.3 Å². The average molecular weight is 153 g/mol. The number of carbonyl (C=O) groups is 1. The molecular weight excluding hydrogens is 138 g/mol. The highest BCUT2D eigenvalue weighted by molar-refractivity contribution is 5.81. The molecular formula is C9H15NO. The van der Waals surface area contributed by atoms with Crippen molar-refractivity contribution in [2.75, 3.05) is 6.54 Å². The molecule has 1 aliphatic heterocycles. The molecule has 0 radical (unpaired) electrons. The number of carbonyl (C=O) groups excluding carboxylic acids is 1. The van der Waals surface area contributed by atoms with Gasteiger partial charge in [0.25, 0.3) is 0 Å². The van der Waals surface area contributed by atoms with Crippen molar-refractivity contribution in [2.45, 2.75) is 26.7 Å². The Bertz CT molecular complexity index is 186. The van der Waals surface area contributed by atoms with Gasteiger partial charge in [0.05, 0.1) is 0 Å². The molecule has 0 aromatic rings. The minimum atomic E-state index is 0.240. The molecule has 2 heteroatoms. The molecule has 1 amide bonds. The minimum absolute atomic E-state index is 0.240. The van der Waals surface area contributed by atoms with Gasteiger partial charge in [0.1, 0.15) is 0 Å². The molecule has 0 saturated carbocycles. The number of hydrogen-bond acceptors (Lipinski definition) is 1. The van der Waals surface area contributed by atoms with Crippen LogP contribution in [0, 0.1) is 5.92 Å². The van der Waals surface area contributed by atoms with Crippen LogP contribution >= 0.6 is 0 Å². The molecule has 1 atom stereocenters. The molecule has 1 heterocycles. The van der Waals surface area contributed by atoms with Gasteiger partial charge in [0, 0.05) is 24.6 Å². The van der Waals surface area contributed by atoms with Crippen LogP contribution in [0.15, 0.2) is 12.3 Å². The Morgan fingerprint density at radius 3 is 2.55 bits per heavy atom. The molecule has 0 spiro atoms. The summed E-state index contributed by atoms with van der Waals surface area (Å²) in [5.74, 6) is 0.645. The lowest BCUT2D eigenvalue weighted by Crippen LogP contribution is -2.22. The van der Waals surface area contributed by atoms with Crippen LogP contribution in [0.2, 0.25) is 0 Å². The van der Waals surface area contributed by atoms with Gasteiger partial charge in [-0.2, -0.15) is 0 Å². The average Bonchev–Trinajstić information content (AvgIpc) is 2.26. The highest BCUT2D eigenvalue weighted by Gasteiger charge is 2.30. The number of nitrogens with zero attached hydrogens (tertiary/aromatic N) is 1. The summed E-state index contributed by atoms with van der Waals surface area (Å²) in [6, 6.07) is 0. The fraction of sp³-hybridized carbons (Fsp3) is 0.667. The monoisotopic (exact) mass is 153 g/mol. The Labute approximate surface area is 67.9 Å². The third-order valence-corrected chi connectivity index (χ3v) is 2.35. The van der Waals surface area contributed by atoms with Crippen molar-refractivity contribution < 1.29 is 4.79 Å². The first kappa shape index (κ1) is 8.31. The molecule has 1 fully saturated rings. The van der Waals surface area contributed by atoms with Crippen LogP contribution in [0.3, 0.4) is 0 Å². The third kappa shape index (κ3) is 1.30. The molecule has 0 aromatic heterocycles. The second-order valence-electron chi connectivity index (χ2n) is 2.94. The van der Waals surface area contributed by atoms with E-state index in [0.717, 1.165) is 18.7 Å². The van der Waals surface area contributed by atoms with Crippen molar-refractivity contribution in [3.63, 3.8) is 0 Å². The van der Waals surface area contributed by atoms with Crippen molar-refractivity contribution in [3.8, 4) is 0 Å². The topological polar surface area (TPSA) is 20.3 Å². The van der Waals surface area contributed by atoms with Crippen LogP contribution in [0.4, 0.5) is 0 Å². The number of hydrogen-bond donors (Lipinski definition) is 0. The summed E-state index contributed by atoms with van der Waals surface area (Å²) >= 11 is 0. The minimum Gasteiger partial charge on any atom is -0.317 e. The maximum atomic E-state index is 11.3. The van der Waals surface area contributed by atoms with Gasteiger partial charge in [-0.05, 0) is 13.3 Å². The molecule has 0 aliphatic carbocycles. The predicted octanol–water partition coefficient (Wildman–Crippen LogP) is 1.78. The predicted molar refractivity (Wildman–Crippen MR) is 44.9 cm³/mol. The molecule has 1 aliphatic rings. The lowest BCUT2D eigenvalue weighted by atomic mass is 10.0. The molecule has 2 nitrogen and oxygen atoms in total. The highest BCUT2D eigenvalue weighted by atomic mass is 16.2. The van der Waals surface area contributed by atoms with Crippen LogP contribution in [0.5, 0.6) is 0 Å². The molecule has 0 N–H and O–H groups in total. The van der Waals surface area contributed by atoms with Gasteiger partial charge in [-0.3, -0.25) is 4.79 Å². The first-order valence-electron chi connectivity index (χ1n) is 4.19. The summed E-state index contributed by atoms with van der Waals surface area (Å²) in [7, 11) is 0. The molecule has 1 rings (SSSR count). The van der Waals surface area contributed by atoms with Crippen molar-refractivity contribution in [2.24, 2.45) is 5.92 Å². The summed E-state index contributed by atoms with van der Waals surface area (Å²) < 4.78 is 0. The van der Waals surface area contributed by atoms with Crippen LogP contribution in [0.25, 0.3) is 0 Å². The van der Waals surface area contributed by atoms with Crippen LogP contribution in [0.1, 0.15) is 26.7 Å². The van der Waals surface area contributed by atoms with E-state index < -0.39 is 0 Å². The lowest BCUT2D eigenvalue weighted by Gasteiger charge is -2.15. The smallest absolute Gasteiger partial charge is 0.227 e. The third-order valence-electron chi connectivity index (χ3n) is 2.35. The van der Waals surface area contributed by atoms with Crippen LogP contribution in [-0.2, 0) is 4.79 Å². The summed E-state index contributed by atoms with van der Waals surface area (Å²) in [4.78, 5) is 13.0. The van der Waals surface area contributed by atoms with E-state index in [1.807, 2.05) is 6.92 Å². The Hall–Kier alpha value is -0.790. The normalized spacial score (nSPS) is 24.9. The van der Waals surface area contributed by atoms with E-state index in [4.69, 9.17) is 0 Å². The lowest BCUT2D eigenvalue weighted by molar-refractivity contribution is -0.126. The van der Waals surface area contributed by atoms with E-state index in [2.05, 4.69) is 13.5 Å². The second kappa shape index (κ2) is 3.07. The zero-order chi connectivity index (χ0) is 8.43. The van der Waals surface area contributed by atoms with Crippen molar-refractivity contribution >= 4 is 5.91 Å². The van der Waals surface area contributed by atoms with E-state index >= 15 is 0 Å². The Kier molecular flexibility index (Phi) is 2.32. The van der Waals surface area contributed by atoms with Gasteiger partial charge in [-0.1, -0.05) is 13.5 Å². The van der Waals surface area contributed by atoms with E-state index in [1.165, 1.54) is 0 Å². The SMILES string of the molecule is C=C1C(CC)CC(=O)N1CC. The Balaban J connectivity index is 2.71. The first-order valence-corrected chi connectivity index (χ1v) is 4.19. The molecule has 1 saturated heterocycles. The standard InChI is InChI=1S/C9H15NO/c1-4-8-6-9(11)10(5-2)7(8)3/h8H,3-6H2,1-2H3. The molecule has 11 heavy (non-hydrogen) atoms. The second-order valence-corrected chi connectivity index (χ2v) is 2.94. The van der Waals surface area contributed by atoms with Crippen molar-refractivity contribution in [1.82, 2.24) is 4.90 Å². The summed E-state index contributed by atoms with van der Waals surface area (Å²) in [5.41, 5.74) is 1.01. The van der Waals surface area contributed by atoms with Crippen LogP contribution < -0.4 is 0 Å². The number of amides is 1. The zero-order valence-electron chi connectivity index (χ0n) is 7.26. The quantitative estimate of drug-likeness (QED) is 0.592. The maximum Gasteiger partial charge on any atom is 0.227 e. The first-order chi connectivity index (χ1) is 5.20. The fourth-order valence-electron chi connectivity index (χ4n) is 1.58. The molecule has 62 valence electrons. The molecule has 1 unspecified atom stereocenters. The van der Waals surface area contributed by atoms with Crippen LogP contribution in [-0.4, -0.2) is 17.4 Å². The van der Waals surface area contributed by atoms with Gasteiger partial charge in [-0.25, -0.2) is 0 Å². The maximum absolute atomic E-state index is 11.3. The highest BCUT2D eigenvalue weighted by Crippen LogP contribution is 2.29. The van der Waals surface area contributed by atoms with Gasteiger partial charge in [0.2, 0.25) is 5.91 Å².